The summed E-state index contributed by atoms with van der Waals surface area (Å²) in [6.07, 6.45) is -0.711. The van der Waals surface area contributed by atoms with Crippen molar-refractivity contribution in [3.63, 3.8) is 0 Å². The fourth-order valence-corrected chi connectivity index (χ4v) is 5.67. The number of anilines is 1. The van der Waals surface area contributed by atoms with Gasteiger partial charge in [0.05, 0.1) is 19.0 Å². The van der Waals surface area contributed by atoms with Gasteiger partial charge in [-0.2, -0.15) is 8.62 Å². The van der Waals surface area contributed by atoms with E-state index >= 15 is 0 Å². The number of nitrogen functional groups attached to an aromatic ring is 1. The summed E-state index contributed by atoms with van der Waals surface area (Å²) in [5, 5.41) is 10.2. The van der Waals surface area contributed by atoms with Gasteiger partial charge in [0.15, 0.2) is 17.7 Å². The third kappa shape index (κ3) is 5.68. The van der Waals surface area contributed by atoms with Crippen LogP contribution in [0.3, 0.4) is 0 Å². The molecule has 3 rings (SSSR count). The molecule has 0 aromatic carbocycles. The van der Waals surface area contributed by atoms with Crippen molar-refractivity contribution in [2.45, 2.75) is 24.9 Å². The smallest absolute Gasteiger partial charge is 0.388 e. The van der Waals surface area contributed by atoms with Crippen LogP contribution in [0.15, 0.2) is 12.7 Å². The summed E-state index contributed by atoms with van der Waals surface area (Å²) in [7, 11) is -16.4. The average Bonchev–Trinajstić information content (AvgIpc) is 3.13. The number of rotatable bonds is 8. The number of ether oxygens (including phenoxy) is 1. The molecular weight excluding hydrogens is 475 g/mol. The van der Waals surface area contributed by atoms with E-state index in [1.807, 2.05) is 0 Å². The largest absolute Gasteiger partial charge is 0.490 e. The Labute approximate surface area is 166 Å². The van der Waals surface area contributed by atoms with E-state index in [-0.39, 0.29) is 23.4 Å². The Balaban J connectivity index is 1.63. The minimum absolute atomic E-state index is 0.0827. The highest BCUT2D eigenvalue weighted by Crippen LogP contribution is 2.66. The molecule has 1 aliphatic rings. The number of hydrogen-bond acceptors (Lipinski definition) is 12. The van der Waals surface area contributed by atoms with Crippen molar-refractivity contribution in [3.05, 3.63) is 12.7 Å². The van der Waals surface area contributed by atoms with Gasteiger partial charge in [-0.15, -0.1) is 0 Å². The molecule has 17 nitrogen and oxygen atoms in total. The number of hydrogen-bond donors (Lipinski definition) is 6. The Morgan fingerprint density at radius 1 is 1.13 bits per heavy atom. The van der Waals surface area contributed by atoms with Crippen LogP contribution in [-0.4, -0.2) is 63.0 Å². The van der Waals surface area contributed by atoms with Crippen LogP contribution in [0.2, 0.25) is 0 Å². The number of aliphatic hydroxyl groups excluding tert-OH is 1. The summed E-state index contributed by atoms with van der Waals surface area (Å²) in [6, 6.07) is 0. The summed E-state index contributed by atoms with van der Waals surface area (Å²) in [6.45, 7) is -0.693. The van der Waals surface area contributed by atoms with E-state index in [0.29, 0.717) is 0 Å². The third-order valence-electron chi connectivity index (χ3n) is 3.67. The molecule has 0 aliphatic carbocycles. The molecule has 0 unspecified atom stereocenters. The number of imidazole rings is 1. The zero-order valence-corrected chi connectivity index (χ0v) is 17.3. The van der Waals surface area contributed by atoms with Gasteiger partial charge in [-0.25, -0.2) is 28.6 Å². The van der Waals surface area contributed by atoms with Crippen molar-refractivity contribution >= 4 is 40.4 Å². The quantitative estimate of drug-likeness (QED) is 0.252. The van der Waals surface area contributed by atoms with E-state index in [4.69, 9.17) is 25.2 Å². The van der Waals surface area contributed by atoms with Crippen LogP contribution in [0, 0.1) is 0 Å². The first-order valence-corrected chi connectivity index (χ1v) is 12.3. The molecular formula is C10H16N5O12P3. The number of nitrogens with two attached hydrogens (primary N) is 1. The molecule has 5 atom stereocenters. The van der Waals surface area contributed by atoms with E-state index in [0.717, 1.165) is 0 Å². The molecule has 20 heteroatoms. The van der Waals surface area contributed by atoms with Crippen molar-refractivity contribution in [3.8, 4) is 0 Å². The molecule has 0 spiro atoms. The van der Waals surface area contributed by atoms with Gasteiger partial charge < -0.3 is 35.2 Å². The highest BCUT2D eigenvalue weighted by Gasteiger charge is 2.42. The van der Waals surface area contributed by atoms with Crippen LogP contribution in [0.1, 0.15) is 12.6 Å². The van der Waals surface area contributed by atoms with Gasteiger partial charge in [0.25, 0.3) is 0 Å². The van der Waals surface area contributed by atoms with Crippen LogP contribution in [0.25, 0.3) is 11.2 Å². The predicted molar refractivity (Wildman–Crippen MR) is 94.1 cm³/mol. The summed E-state index contributed by atoms with van der Waals surface area (Å²) in [4.78, 5) is 47.4. The van der Waals surface area contributed by atoms with E-state index in [9.17, 15) is 23.7 Å². The highest BCUT2D eigenvalue weighted by atomic mass is 31.3. The Morgan fingerprint density at radius 3 is 2.50 bits per heavy atom. The van der Waals surface area contributed by atoms with Crippen molar-refractivity contribution in [1.29, 1.82) is 0 Å². The second kappa shape index (κ2) is 8.31. The minimum atomic E-state index is -5.62. The van der Waals surface area contributed by atoms with Crippen LogP contribution < -0.4 is 5.73 Å². The number of aliphatic hydroxyl groups is 1. The maximum atomic E-state index is 11.8. The monoisotopic (exact) mass is 491 g/mol. The fraction of sp³-hybridized carbons (Fsp3) is 0.500. The molecule has 0 bridgehead atoms. The molecule has 30 heavy (non-hydrogen) atoms. The Kier molecular flexibility index (Phi) is 6.47. The first kappa shape index (κ1) is 23.3. The van der Waals surface area contributed by atoms with Crippen molar-refractivity contribution < 1.29 is 56.3 Å². The molecule has 3 heterocycles. The van der Waals surface area contributed by atoms with E-state index < -0.39 is 48.5 Å². The van der Waals surface area contributed by atoms with Gasteiger partial charge in [0, 0.05) is 6.42 Å². The van der Waals surface area contributed by atoms with Crippen molar-refractivity contribution in [2.24, 2.45) is 0 Å². The zero-order chi connectivity index (χ0) is 22.3. The lowest BCUT2D eigenvalue weighted by molar-refractivity contribution is -0.0481. The highest BCUT2D eigenvalue weighted by molar-refractivity contribution is 7.66. The lowest BCUT2D eigenvalue weighted by Crippen LogP contribution is -2.19. The molecule has 1 fully saturated rings. The second-order valence-corrected chi connectivity index (χ2v) is 10.3. The SMILES string of the molecule is Nc1ncnc2c1ncn2[C@H]1O[C@H](CO[P@](=O)(O)O[P@@](=O)(O)OP(=O)(O)O)C[C@@H]1O. The molecule has 2 aromatic rings. The van der Waals surface area contributed by atoms with Crippen LogP contribution in [0.4, 0.5) is 5.82 Å². The van der Waals surface area contributed by atoms with E-state index in [1.54, 1.807) is 0 Å². The molecule has 7 N–H and O–H groups in total. The lowest BCUT2D eigenvalue weighted by Gasteiger charge is -2.18. The summed E-state index contributed by atoms with van der Waals surface area (Å²) < 4.78 is 52.3. The van der Waals surface area contributed by atoms with E-state index in [2.05, 4.69) is 28.1 Å². The van der Waals surface area contributed by atoms with Crippen molar-refractivity contribution in [2.75, 3.05) is 12.3 Å². The summed E-state index contributed by atoms with van der Waals surface area (Å²) >= 11 is 0. The van der Waals surface area contributed by atoms with E-state index in [1.165, 1.54) is 17.2 Å². The van der Waals surface area contributed by atoms with Gasteiger partial charge in [0.1, 0.15) is 17.9 Å². The molecule has 0 radical (unpaired) electrons. The normalized spacial score (nSPS) is 26.5. The molecule has 1 aliphatic heterocycles. The Morgan fingerprint density at radius 2 is 1.83 bits per heavy atom. The predicted octanol–water partition coefficient (Wildman–Crippen LogP) is -0.600. The van der Waals surface area contributed by atoms with Crippen molar-refractivity contribution in [1.82, 2.24) is 19.5 Å². The number of nitrogens with zero attached hydrogens (tertiary/aromatic N) is 4. The van der Waals surface area contributed by atoms with Gasteiger partial charge in [-0.3, -0.25) is 9.09 Å². The zero-order valence-electron chi connectivity index (χ0n) is 14.6. The Hall–Kier alpha value is -1.32. The number of aromatic nitrogens is 4. The summed E-state index contributed by atoms with van der Waals surface area (Å²) in [5.74, 6) is 0.107. The number of fused-ring (bicyclic) bond motifs is 1. The number of phosphoric acid groups is 3. The lowest BCUT2D eigenvalue weighted by atomic mass is 10.2. The van der Waals surface area contributed by atoms with Gasteiger partial charge in [0.2, 0.25) is 0 Å². The fourth-order valence-electron chi connectivity index (χ4n) is 2.62. The molecule has 2 aromatic heterocycles. The average molecular weight is 491 g/mol. The Bertz CT molecular complexity index is 1070. The molecule has 0 saturated carbocycles. The first-order valence-electron chi connectivity index (χ1n) is 7.81. The van der Waals surface area contributed by atoms with Crippen LogP contribution in [0.5, 0.6) is 0 Å². The second-order valence-electron chi connectivity index (χ2n) is 5.92. The standard InChI is InChI=1S/C10H16N5O12P3/c11-8-7-9(13-3-12-8)15(4-14-7)10-6(16)1-5(25-10)2-24-29(20,21)27-30(22,23)26-28(17,18)19/h3-6,10,16H,1-2H2,(H,20,21)(H,22,23)(H2,11,12,13)(H2,17,18,19)/t5-,6-,10-/m0/s1. The topological polar surface area (TPSA) is 259 Å². The first-order chi connectivity index (χ1) is 13.8. The van der Waals surface area contributed by atoms with Gasteiger partial charge in [-0.1, -0.05) is 0 Å². The third-order valence-corrected chi connectivity index (χ3v) is 7.47. The molecule has 168 valence electrons. The van der Waals surface area contributed by atoms with Gasteiger partial charge >= 0.3 is 23.5 Å². The maximum absolute atomic E-state index is 11.8. The summed E-state index contributed by atoms with van der Waals surface area (Å²) in [5.41, 5.74) is 6.22. The molecule has 1 saturated heterocycles. The minimum Gasteiger partial charge on any atom is -0.388 e. The maximum Gasteiger partial charge on any atom is 0.490 e. The molecule has 0 amide bonds. The van der Waals surface area contributed by atoms with Crippen LogP contribution >= 0.6 is 23.5 Å². The number of phosphoric ester groups is 1. The van der Waals surface area contributed by atoms with Gasteiger partial charge in [-0.05, 0) is 0 Å². The van der Waals surface area contributed by atoms with Crippen LogP contribution in [-0.2, 0) is 31.6 Å².